The standard InChI is InChI=1S/C18H21N3O3/c1-11(2)15-9-19-18(24-15)12-4-6-14(7-5-12)20-17(23)13-8-16(22)21(3)10-13/h4-7,9,11,13H,8,10H2,1-3H3,(H,20,23). The number of hydrogen-bond donors (Lipinski definition) is 1. The van der Waals surface area contributed by atoms with Crippen LogP contribution in [-0.4, -0.2) is 35.3 Å². The van der Waals surface area contributed by atoms with Gasteiger partial charge in [-0.3, -0.25) is 9.59 Å². The number of carbonyl (C=O) groups excluding carboxylic acids is 2. The van der Waals surface area contributed by atoms with E-state index in [-0.39, 0.29) is 30.1 Å². The number of amides is 2. The minimum Gasteiger partial charge on any atom is -0.441 e. The lowest BCUT2D eigenvalue weighted by molar-refractivity contribution is -0.127. The molecule has 6 heteroatoms. The van der Waals surface area contributed by atoms with E-state index in [0.717, 1.165) is 11.3 Å². The Kier molecular flexibility index (Phi) is 4.38. The van der Waals surface area contributed by atoms with E-state index in [9.17, 15) is 9.59 Å². The van der Waals surface area contributed by atoms with Crippen molar-refractivity contribution in [3.05, 3.63) is 36.2 Å². The second-order valence-electron chi connectivity index (χ2n) is 6.46. The molecule has 0 spiro atoms. The molecule has 1 atom stereocenters. The second kappa shape index (κ2) is 6.47. The molecule has 0 bridgehead atoms. The Labute approximate surface area is 140 Å². The van der Waals surface area contributed by atoms with E-state index in [0.29, 0.717) is 18.1 Å². The molecule has 126 valence electrons. The van der Waals surface area contributed by atoms with E-state index in [4.69, 9.17) is 4.42 Å². The van der Waals surface area contributed by atoms with Crippen LogP contribution in [0.4, 0.5) is 5.69 Å². The first kappa shape index (κ1) is 16.2. The second-order valence-corrected chi connectivity index (χ2v) is 6.46. The summed E-state index contributed by atoms with van der Waals surface area (Å²) in [7, 11) is 1.71. The van der Waals surface area contributed by atoms with Gasteiger partial charge in [-0.2, -0.15) is 0 Å². The number of hydrogen-bond acceptors (Lipinski definition) is 4. The van der Waals surface area contributed by atoms with Crippen LogP contribution >= 0.6 is 0 Å². The van der Waals surface area contributed by atoms with Crippen molar-refractivity contribution in [3.63, 3.8) is 0 Å². The molecule has 1 aliphatic heterocycles. The lowest BCUT2D eigenvalue weighted by Gasteiger charge is -2.11. The average molecular weight is 327 g/mol. The fourth-order valence-electron chi connectivity index (χ4n) is 2.67. The van der Waals surface area contributed by atoms with E-state index >= 15 is 0 Å². The van der Waals surface area contributed by atoms with Crippen molar-refractivity contribution in [2.75, 3.05) is 18.9 Å². The lowest BCUT2D eigenvalue weighted by Crippen LogP contribution is -2.25. The predicted molar refractivity (Wildman–Crippen MR) is 90.4 cm³/mol. The molecule has 1 unspecified atom stereocenters. The van der Waals surface area contributed by atoms with Gasteiger partial charge < -0.3 is 14.6 Å². The number of nitrogens with one attached hydrogen (secondary N) is 1. The fourth-order valence-corrected chi connectivity index (χ4v) is 2.67. The van der Waals surface area contributed by atoms with Crippen LogP contribution < -0.4 is 5.32 Å². The number of nitrogens with zero attached hydrogens (tertiary/aromatic N) is 2. The van der Waals surface area contributed by atoms with E-state index in [1.807, 2.05) is 38.1 Å². The highest BCUT2D eigenvalue weighted by atomic mass is 16.4. The first-order valence-electron chi connectivity index (χ1n) is 8.05. The molecule has 3 rings (SSSR count). The van der Waals surface area contributed by atoms with Gasteiger partial charge in [0, 0.05) is 37.2 Å². The van der Waals surface area contributed by atoms with Crippen LogP contribution in [-0.2, 0) is 9.59 Å². The zero-order valence-electron chi connectivity index (χ0n) is 14.1. The molecule has 0 saturated carbocycles. The van der Waals surface area contributed by atoms with E-state index < -0.39 is 0 Å². The van der Waals surface area contributed by atoms with Crippen LogP contribution in [0.25, 0.3) is 11.5 Å². The summed E-state index contributed by atoms with van der Waals surface area (Å²) < 4.78 is 5.72. The Hall–Kier alpha value is -2.63. The van der Waals surface area contributed by atoms with Gasteiger partial charge >= 0.3 is 0 Å². The maximum absolute atomic E-state index is 12.2. The number of carbonyl (C=O) groups is 2. The Morgan fingerprint density at radius 2 is 2.04 bits per heavy atom. The molecule has 1 N–H and O–H groups in total. The van der Waals surface area contributed by atoms with Crippen LogP contribution in [0.5, 0.6) is 0 Å². The quantitative estimate of drug-likeness (QED) is 0.937. The number of benzene rings is 1. The molecular weight excluding hydrogens is 306 g/mol. The maximum atomic E-state index is 12.2. The summed E-state index contributed by atoms with van der Waals surface area (Å²) in [5.41, 5.74) is 1.55. The van der Waals surface area contributed by atoms with Crippen molar-refractivity contribution in [2.24, 2.45) is 5.92 Å². The van der Waals surface area contributed by atoms with Gasteiger partial charge in [-0.05, 0) is 24.3 Å². The molecule has 24 heavy (non-hydrogen) atoms. The number of oxazole rings is 1. The van der Waals surface area contributed by atoms with Crippen molar-refractivity contribution in [2.45, 2.75) is 26.2 Å². The van der Waals surface area contributed by atoms with Gasteiger partial charge in [-0.15, -0.1) is 0 Å². The average Bonchev–Trinajstić information content (AvgIpc) is 3.16. The van der Waals surface area contributed by atoms with Crippen molar-refractivity contribution in [3.8, 4) is 11.5 Å². The van der Waals surface area contributed by atoms with Crippen LogP contribution in [0.2, 0.25) is 0 Å². The molecule has 2 aromatic rings. The molecule has 1 aromatic heterocycles. The van der Waals surface area contributed by atoms with Crippen LogP contribution in [0.15, 0.2) is 34.9 Å². The van der Waals surface area contributed by atoms with E-state index in [2.05, 4.69) is 10.3 Å². The highest BCUT2D eigenvalue weighted by Crippen LogP contribution is 2.25. The largest absolute Gasteiger partial charge is 0.441 e. The van der Waals surface area contributed by atoms with Gasteiger partial charge in [0.25, 0.3) is 0 Å². The zero-order chi connectivity index (χ0) is 17.3. The van der Waals surface area contributed by atoms with Gasteiger partial charge in [0.15, 0.2) is 0 Å². The minimum absolute atomic E-state index is 0.00958. The summed E-state index contributed by atoms with van der Waals surface area (Å²) >= 11 is 0. The van der Waals surface area contributed by atoms with Crippen molar-refractivity contribution in [1.29, 1.82) is 0 Å². The molecule has 1 saturated heterocycles. The van der Waals surface area contributed by atoms with E-state index in [1.165, 1.54) is 0 Å². The molecule has 1 aromatic carbocycles. The van der Waals surface area contributed by atoms with Gasteiger partial charge in [-0.25, -0.2) is 4.98 Å². The van der Waals surface area contributed by atoms with Gasteiger partial charge in [-0.1, -0.05) is 13.8 Å². The zero-order valence-corrected chi connectivity index (χ0v) is 14.1. The fraction of sp³-hybridized carbons (Fsp3) is 0.389. The monoisotopic (exact) mass is 327 g/mol. The van der Waals surface area contributed by atoms with Gasteiger partial charge in [0.1, 0.15) is 5.76 Å². The molecule has 0 aliphatic carbocycles. The SMILES string of the molecule is CC(C)c1cnc(-c2ccc(NC(=O)C3CC(=O)N(C)C3)cc2)o1. The predicted octanol–water partition coefficient (Wildman–Crippen LogP) is 2.88. The third kappa shape index (κ3) is 3.32. The van der Waals surface area contributed by atoms with E-state index in [1.54, 1.807) is 18.1 Å². The van der Waals surface area contributed by atoms with Crippen molar-refractivity contribution in [1.82, 2.24) is 9.88 Å². The molecule has 6 nitrogen and oxygen atoms in total. The molecular formula is C18H21N3O3. The maximum Gasteiger partial charge on any atom is 0.229 e. The van der Waals surface area contributed by atoms with Gasteiger partial charge in [0.2, 0.25) is 17.7 Å². The number of aromatic nitrogens is 1. The third-order valence-corrected chi connectivity index (χ3v) is 4.20. The molecule has 1 aliphatic rings. The number of anilines is 1. The summed E-state index contributed by atoms with van der Waals surface area (Å²) in [6, 6.07) is 7.34. The normalized spacial score (nSPS) is 17.6. The Morgan fingerprint density at radius 3 is 2.58 bits per heavy atom. The third-order valence-electron chi connectivity index (χ3n) is 4.20. The Morgan fingerprint density at radius 1 is 1.33 bits per heavy atom. The lowest BCUT2D eigenvalue weighted by atomic mass is 10.1. The van der Waals surface area contributed by atoms with Crippen LogP contribution in [0.1, 0.15) is 31.9 Å². The van der Waals surface area contributed by atoms with Crippen LogP contribution in [0, 0.1) is 5.92 Å². The number of likely N-dealkylation sites (tertiary alicyclic amines) is 1. The molecule has 2 heterocycles. The summed E-state index contributed by atoms with van der Waals surface area (Å²) in [4.78, 5) is 29.6. The Balaban J connectivity index is 1.66. The van der Waals surface area contributed by atoms with Gasteiger partial charge in [0.05, 0.1) is 12.1 Å². The molecule has 1 fully saturated rings. The summed E-state index contributed by atoms with van der Waals surface area (Å²) in [5, 5.41) is 2.86. The number of rotatable bonds is 4. The summed E-state index contributed by atoms with van der Waals surface area (Å²) in [5.74, 6) is 1.30. The molecule has 0 radical (unpaired) electrons. The first-order valence-corrected chi connectivity index (χ1v) is 8.05. The first-order chi connectivity index (χ1) is 11.4. The van der Waals surface area contributed by atoms with Crippen molar-refractivity contribution < 1.29 is 14.0 Å². The molecule has 2 amide bonds. The van der Waals surface area contributed by atoms with Crippen molar-refractivity contribution >= 4 is 17.5 Å². The Bertz CT molecular complexity index is 749. The highest BCUT2D eigenvalue weighted by Gasteiger charge is 2.32. The highest BCUT2D eigenvalue weighted by molar-refractivity contribution is 5.97. The topological polar surface area (TPSA) is 75.4 Å². The summed E-state index contributed by atoms with van der Waals surface area (Å²) in [6.45, 7) is 4.57. The smallest absolute Gasteiger partial charge is 0.229 e. The summed E-state index contributed by atoms with van der Waals surface area (Å²) in [6.07, 6.45) is 2.01. The van der Waals surface area contributed by atoms with Crippen LogP contribution in [0.3, 0.4) is 0 Å². The minimum atomic E-state index is -0.289.